The van der Waals surface area contributed by atoms with Crippen molar-refractivity contribution in [2.45, 2.75) is 0 Å². The summed E-state index contributed by atoms with van der Waals surface area (Å²) in [5, 5.41) is 0.991. The number of methoxy groups -OCH3 is 1. The van der Waals surface area contributed by atoms with Gasteiger partial charge in [0, 0.05) is 17.1 Å². The molecule has 76 valence electrons. The van der Waals surface area contributed by atoms with Gasteiger partial charge >= 0.3 is 0 Å². The first-order valence-electron chi connectivity index (χ1n) is 4.60. The standard InChI is InChI=1S/C12H12N2O/c1-8(15-2)10-6-9-4-3-5-14-12(9)11(13)7-10/h3-7H,1,13H2,2H3. The van der Waals surface area contributed by atoms with Crippen LogP contribution < -0.4 is 5.73 Å². The molecule has 0 spiro atoms. The smallest absolute Gasteiger partial charge is 0.119 e. The first-order chi connectivity index (χ1) is 7.22. The molecule has 0 radical (unpaired) electrons. The number of pyridine rings is 1. The Labute approximate surface area is 88.2 Å². The summed E-state index contributed by atoms with van der Waals surface area (Å²) in [5.41, 5.74) is 8.23. The second-order valence-corrected chi connectivity index (χ2v) is 3.27. The fourth-order valence-electron chi connectivity index (χ4n) is 1.50. The zero-order chi connectivity index (χ0) is 10.8. The number of benzene rings is 1. The van der Waals surface area contributed by atoms with E-state index in [0.29, 0.717) is 11.4 Å². The van der Waals surface area contributed by atoms with Crippen molar-refractivity contribution in [3.8, 4) is 0 Å². The van der Waals surface area contributed by atoms with Crippen LogP contribution in [0.5, 0.6) is 0 Å². The molecule has 0 fully saturated rings. The number of nitrogens with zero attached hydrogens (tertiary/aromatic N) is 1. The number of ether oxygens (including phenoxy) is 1. The Kier molecular flexibility index (Phi) is 2.29. The van der Waals surface area contributed by atoms with Crippen molar-refractivity contribution in [2.24, 2.45) is 0 Å². The number of nitrogen functional groups attached to an aromatic ring is 1. The van der Waals surface area contributed by atoms with Crippen molar-refractivity contribution in [3.63, 3.8) is 0 Å². The SMILES string of the molecule is C=C(OC)c1cc(N)c2ncccc2c1. The fraction of sp³-hybridized carbons (Fsp3) is 0.0833. The van der Waals surface area contributed by atoms with E-state index in [1.54, 1.807) is 13.3 Å². The zero-order valence-corrected chi connectivity index (χ0v) is 8.53. The van der Waals surface area contributed by atoms with Crippen molar-refractivity contribution < 1.29 is 4.74 Å². The molecule has 2 rings (SSSR count). The largest absolute Gasteiger partial charge is 0.497 e. The molecule has 0 aliphatic heterocycles. The van der Waals surface area contributed by atoms with Gasteiger partial charge in [-0.3, -0.25) is 4.98 Å². The van der Waals surface area contributed by atoms with Crippen LogP contribution in [0.15, 0.2) is 37.0 Å². The van der Waals surface area contributed by atoms with E-state index < -0.39 is 0 Å². The molecule has 0 bridgehead atoms. The second-order valence-electron chi connectivity index (χ2n) is 3.27. The van der Waals surface area contributed by atoms with Gasteiger partial charge in [0.05, 0.1) is 18.3 Å². The third kappa shape index (κ3) is 1.64. The third-order valence-electron chi connectivity index (χ3n) is 2.30. The van der Waals surface area contributed by atoms with E-state index in [2.05, 4.69) is 11.6 Å². The molecule has 2 aromatic rings. The predicted molar refractivity (Wildman–Crippen MR) is 62.2 cm³/mol. The average molecular weight is 200 g/mol. The van der Waals surface area contributed by atoms with Crippen LogP contribution in [-0.2, 0) is 4.74 Å². The van der Waals surface area contributed by atoms with Gasteiger partial charge in [-0.25, -0.2) is 0 Å². The van der Waals surface area contributed by atoms with Gasteiger partial charge in [0.2, 0.25) is 0 Å². The molecular formula is C12H12N2O. The highest BCUT2D eigenvalue weighted by Crippen LogP contribution is 2.24. The van der Waals surface area contributed by atoms with E-state index in [4.69, 9.17) is 10.5 Å². The van der Waals surface area contributed by atoms with Crippen molar-refractivity contribution in [2.75, 3.05) is 12.8 Å². The first kappa shape index (κ1) is 9.52. The van der Waals surface area contributed by atoms with Gasteiger partial charge in [0.15, 0.2) is 0 Å². The molecule has 2 N–H and O–H groups in total. The van der Waals surface area contributed by atoms with Crippen LogP contribution in [0, 0.1) is 0 Å². The second kappa shape index (κ2) is 3.61. The van der Waals surface area contributed by atoms with E-state index in [1.165, 1.54) is 0 Å². The molecule has 0 unspecified atom stereocenters. The number of rotatable bonds is 2. The van der Waals surface area contributed by atoms with Gasteiger partial charge in [0.25, 0.3) is 0 Å². The Balaban J connectivity index is 2.67. The van der Waals surface area contributed by atoms with Crippen molar-refractivity contribution in [1.82, 2.24) is 4.98 Å². The first-order valence-corrected chi connectivity index (χ1v) is 4.60. The maximum atomic E-state index is 5.89. The fourth-order valence-corrected chi connectivity index (χ4v) is 1.50. The maximum Gasteiger partial charge on any atom is 0.119 e. The number of hydrogen-bond donors (Lipinski definition) is 1. The molecule has 3 heteroatoms. The average Bonchev–Trinajstić information content (AvgIpc) is 2.28. The Bertz CT molecular complexity index is 520. The zero-order valence-electron chi connectivity index (χ0n) is 8.53. The van der Waals surface area contributed by atoms with Crippen molar-refractivity contribution in [3.05, 3.63) is 42.6 Å². The molecule has 0 saturated carbocycles. The van der Waals surface area contributed by atoms with Crippen LogP contribution in [0.3, 0.4) is 0 Å². The minimum absolute atomic E-state index is 0.604. The summed E-state index contributed by atoms with van der Waals surface area (Å²) in [6.07, 6.45) is 1.73. The number of fused-ring (bicyclic) bond motifs is 1. The lowest BCUT2D eigenvalue weighted by molar-refractivity contribution is 0.371. The lowest BCUT2D eigenvalue weighted by atomic mass is 10.1. The van der Waals surface area contributed by atoms with Gasteiger partial charge < -0.3 is 10.5 Å². The molecule has 0 atom stereocenters. The number of aromatic nitrogens is 1. The van der Waals surface area contributed by atoms with Crippen molar-refractivity contribution >= 4 is 22.3 Å². The number of anilines is 1. The molecule has 0 aliphatic carbocycles. The minimum Gasteiger partial charge on any atom is -0.497 e. The lowest BCUT2D eigenvalue weighted by Crippen LogP contribution is -1.93. The summed E-state index contributed by atoms with van der Waals surface area (Å²) in [6.45, 7) is 3.79. The summed E-state index contributed by atoms with van der Waals surface area (Å²) >= 11 is 0. The van der Waals surface area contributed by atoms with Gasteiger partial charge in [-0.1, -0.05) is 12.6 Å². The lowest BCUT2D eigenvalue weighted by Gasteiger charge is -2.07. The van der Waals surface area contributed by atoms with E-state index >= 15 is 0 Å². The Hall–Kier alpha value is -2.03. The predicted octanol–water partition coefficient (Wildman–Crippen LogP) is 2.43. The summed E-state index contributed by atoms with van der Waals surface area (Å²) in [7, 11) is 1.59. The van der Waals surface area contributed by atoms with E-state index in [1.807, 2.05) is 24.3 Å². The summed E-state index contributed by atoms with van der Waals surface area (Å²) in [6, 6.07) is 7.62. The van der Waals surface area contributed by atoms with E-state index in [9.17, 15) is 0 Å². The number of nitrogens with two attached hydrogens (primary N) is 1. The number of hydrogen-bond acceptors (Lipinski definition) is 3. The van der Waals surface area contributed by atoms with Crippen molar-refractivity contribution in [1.29, 1.82) is 0 Å². The summed E-state index contributed by atoms with van der Waals surface area (Å²) < 4.78 is 5.07. The highest BCUT2D eigenvalue weighted by molar-refractivity contribution is 5.91. The van der Waals surface area contributed by atoms with Crippen LogP contribution in [0.1, 0.15) is 5.56 Å². The van der Waals surface area contributed by atoms with Crippen LogP contribution in [0.25, 0.3) is 16.7 Å². The summed E-state index contributed by atoms with van der Waals surface area (Å²) in [4.78, 5) is 4.21. The van der Waals surface area contributed by atoms with Crippen LogP contribution in [0.4, 0.5) is 5.69 Å². The Morgan fingerprint density at radius 3 is 3.00 bits per heavy atom. The molecule has 1 aromatic heterocycles. The molecule has 3 nitrogen and oxygen atoms in total. The van der Waals surface area contributed by atoms with Gasteiger partial charge in [0.1, 0.15) is 5.76 Å². The van der Waals surface area contributed by atoms with Gasteiger partial charge in [-0.05, 0) is 18.2 Å². The van der Waals surface area contributed by atoms with E-state index in [-0.39, 0.29) is 0 Å². The monoisotopic (exact) mass is 200 g/mol. The molecule has 1 aromatic carbocycles. The van der Waals surface area contributed by atoms with Crippen LogP contribution in [-0.4, -0.2) is 12.1 Å². The maximum absolute atomic E-state index is 5.89. The molecule has 1 heterocycles. The highest BCUT2D eigenvalue weighted by atomic mass is 16.5. The Morgan fingerprint density at radius 2 is 2.27 bits per heavy atom. The quantitative estimate of drug-likeness (QED) is 0.598. The molecule has 0 aliphatic rings. The molecular weight excluding hydrogens is 188 g/mol. The molecule has 0 saturated heterocycles. The van der Waals surface area contributed by atoms with Crippen LogP contribution >= 0.6 is 0 Å². The van der Waals surface area contributed by atoms with E-state index in [0.717, 1.165) is 16.5 Å². The molecule has 0 amide bonds. The topological polar surface area (TPSA) is 48.1 Å². The summed E-state index contributed by atoms with van der Waals surface area (Å²) in [5.74, 6) is 0.604. The normalized spacial score (nSPS) is 10.2. The Morgan fingerprint density at radius 1 is 1.47 bits per heavy atom. The van der Waals surface area contributed by atoms with Gasteiger partial charge in [-0.15, -0.1) is 0 Å². The minimum atomic E-state index is 0.604. The third-order valence-corrected chi connectivity index (χ3v) is 2.30. The van der Waals surface area contributed by atoms with Crippen LogP contribution in [0.2, 0.25) is 0 Å². The molecule has 15 heavy (non-hydrogen) atoms. The highest BCUT2D eigenvalue weighted by Gasteiger charge is 2.04. The van der Waals surface area contributed by atoms with Gasteiger partial charge in [-0.2, -0.15) is 0 Å².